The number of nitrogens with zero attached hydrogens (tertiary/aromatic N) is 1. The Labute approximate surface area is 174 Å². The quantitative estimate of drug-likeness (QED) is 0.621. The Bertz CT molecular complexity index is 1020. The average Bonchev–Trinajstić information content (AvgIpc) is 2.70. The van der Waals surface area contributed by atoms with Gasteiger partial charge in [-0.15, -0.1) is 0 Å². The standard InChI is InChI=1S/C22H20Cl2N2O2/c1-26(14-18-7-4-8-19(23)21(18)24)20(27)11-12-25-22(28)17-10-9-15-5-2-3-6-16(15)13-17/h2-10,13H,11-12,14H2,1H3,(H,25,28). The predicted molar refractivity (Wildman–Crippen MR) is 114 cm³/mol. The van der Waals surface area contributed by atoms with Crippen LogP contribution in [0.3, 0.4) is 0 Å². The Hall–Kier alpha value is -2.56. The van der Waals surface area contributed by atoms with Gasteiger partial charge >= 0.3 is 0 Å². The zero-order chi connectivity index (χ0) is 20.1. The van der Waals surface area contributed by atoms with E-state index in [2.05, 4.69) is 5.32 Å². The molecule has 0 atom stereocenters. The normalized spacial score (nSPS) is 10.7. The van der Waals surface area contributed by atoms with E-state index in [0.717, 1.165) is 16.3 Å². The molecule has 1 N–H and O–H groups in total. The Morgan fingerprint density at radius 2 is 1.71 bits per heavy atom. The van der Waals surface area contributed by atoms with Gasteiger partial charge in [-0.05, 0) is 34.5 Å². The molecule has 0 aliphatic carbocycles. The van der Waals surface area contributed by atoms with Crippen molar-refractivity contribution < 1.29 is 9.59 Å². The molecule has 2 amide bonds. The summed E-state index contributed by atoms with van der Waals surface area (Å²) in [5.41, 5.74) is 1.36. The molecule has 3 rings (SSSR count). The minimum Gasteiger partial charge on any atom is -0.352 e. The van der Waals surface area contributed by atoms with Gasteiger partial charge in [-0.25, -0.2) is 0 Å². The monoisotopic (exact) mass is 414 g/mol. The molecule has 0 bridgehead atoms. The van der Waals surface area contributed by atoms with Crippen molar-refractivity contribution in [2.45, 2.75) is 13.0 Å². The Morgan fingerprint density at radius 1 is 0.964 bits per heavy atom. The summed E-state index contributed by atoms with van der Waals surface area (Å²) in [5, 5.41) is 5.80. The van der Waals surface area contributed by atoms with Crippen LogP contribution in [0.2, 0.25) is 10.0 Å². The zero-order valence-electron chi connectivity index (χ0n) is 15.4. The van der Waals surface area contributed by atoms with Crippen LogP contribution in [0, 0.1) is 0 Å². The number of fused-ring (bicyclic) bond motifs is 1. The highest BCUT2D eigenvalue weighted by atomic mass is 35.5. The largest absolute Gasteiger partial charge is 0.352 e. The lowest BCUT2D eigenvalue weighted by Gasteiger charge is -2.18. The zero-order valence-corrected chi connectivity index (χ0v) is 16.9. The molecule has 0 aliphatic rings. The first-order chi connectivity index (χ1) is 13.5. The molecule has 0 spiro atoms. The summed E-state index contributed by atoms with van der Waals surface area (Å²) < 4.78 is 0. The topological polar surface area (TPSA) is 49.4 Å². The van der Waals surface area contributed by atoms with Gasteiger partial charge in [0, 0.05) is 32.1 Å². The summed E-state index contributed by atoms with van der Waals surface area (Å²) in [7, 11) is 1.70. The van der Waals surface area contributed by atoms with Crippen molar-refractivity contribution >= 4 is 45.8 Å². The fourth-order valence-electron chi connectivity index (χ4n) is 2.92. The molecule has 3 aromatic carbocycles. The number of amides is 2. The molecule has 0 saturated heterocycles. The van der Waals surface area contributed by atoms with E-state index < -0.39 is 0 Å². The van der Waals surface area contributed by atoms with Gasteiger partial charge in [0.2, 0.25) is 5.91 Å². The van der Waals surface area contributed by atoms with Gasteiger partial charge in [-0.1, -0.05) is 65.7 Å². The van der Waals surface area contributed by atoms with Crippen molar-refractivity contribution in [3.8, 4) is 0 Å². The van der Waals surface area contributed by atoms with E-state index in [0.29, 0.717) is 22.2 Å². The van der Waals surface area contributed by atoms with Gasteiger partial charge in [0.15, 0.2) is 0 Å². The highest BCUT2D eigenvalue weighted by molar-refractivity contribution is 6.42. The van der Waals surface area contributed by atoms with Gasteiger partial charge in [0.1, 0.15) is 0 Å². The van der Waals surface area contributed by atoms with E-state index in [1.165, 1.54) is 0 Å². The lowest BCUT2D eigenvalue weighted by Crippen LogP contribution is -2.32. The summed E-state index contributed by atoms with van der Waals surface area (Å²) in [6, 6.07) is 18.7. The van der Waals surface area contributed by atoms with Crippen molar-refractivity contribution in [2.24, 2.45) is 0 Å². The van der Waals surface area contributed by atoms with Gasteiger partial charge in [-0.2, -0.15) is 0 Å². The van der Waals surface area contributed by atoms with E-state index in [-0.39, 0.29) is 24.8 Å². The summed E-state index contributed by atoms with van der Waals surface area (Å²) in [5.74, 6) is -0.283. The van der Waals surface area contributed by atoms with Gasteiger partial charge in [0.05, 0.1) is 10.0 Å². The molecule has 0 radical (unpaired) electrons. The van der Waals surface area contributed by atoms with E-state index in [1.807, 2.05) is 42.5 Å². The molecule has 28 heavy (non-hydrogen) atoms. The van der Waals surface area contributed by atoms with Gasteiger partial charge in [0.25, 0.3) is 5.91 Å². The number of carbonyl (C=O) groups is 2. The van der Waals surface area contributed by atoms with Gasteiger partial charge < -0.3 is 10.2 Å². The molecule has 0 fully saturated rings. The molecule has 3 aromatic rings. The molecule has 0 heterocycles. The van der Waals surface area contributed by atoms with Crippen LogP contribution < -0.4 is 5.32 Å². The van der Waals surface area contributed by atoms with Crippen LogP contribution in [-0.4, -0.2) is 30.3 Å². The predicted octanol–water partition coefficient (Wildman–Crippen LogP) is 4.93. The molecule has 6 heteroatoms. The Kier molecular flexibility index (Phi) is 6.55. The third-order valence-corrected chi connectivity index (χ3v) is 5.36. The number of carbonyl (C=O) groups excluding carboxylic acids is 2. The maximum absolute atomic E-state index is 12.3. The molecule has 0 unspecified atom stereocenters. The second kappa shape index (κ2) is 9.09. The second-order valence-corrected chi connectivity index (χ2v) is 7.32. The van der Waals surface area contributed by atoms with Crippen molar-refractivity contribution in [2.75, 3.05) is 13.6 Å². The van der Waals surface area contributed by atoms with Crippen molar-refractivity contribution in [1.29, 1.82) is 0 Å². The number of benzene rings is 3. The third-order valence-electron chi connectivity index (χ3n) is 4.50. The molecule has 0 saturated carbocycles. The first-order valence-corrected chi connectivity index (χ1v) is 9.65. The van der Waals surface area contributed by atoms with Crippen LogP contribution in [0.1, 0.15) is 22.3 Å². The fourth-order valence-corrected chi connectivity index (χ4v) is 3.30. The SMILES string of the molecule is CN(Cc1cccc(Cl)c1Cl)C(=O)CCNC(=O)c1ccc2ccccc2c1. The lowest BCUT2D eigenvalue weighted by atomic mass is 10.1. The van der Waals surface area contributed by atoms with Crippen LogP contribution in [0.5, 0.6) is 0 Å². The number of halogens is 2. The molecular formula is C22H20Cl2N2O2. The number of hydrogen-bond donors (Lipinski definition) is 1. The van der Waals surface area contributed by atoms with Gasteiger partial charge in [-0.3, -0.25) is 9.59 Å². The van der Waals surface area contributed by atoms with E-state index in [9.17, 15) is 9.59 Å². The Morgan fingerprint density at radius 3 is 2.50 bits per heavy atom. The second-order valence-electron chi connectivity index (χ2n) is 6.53. The van der Waals surface area contributed by atoms with E-state index in [1.54, 1.807) is 30.1 Å². The number of hydrogen-bond acceptors (Lipinski definition) is 2. The maximum atomic E-state index is 12.3. The highest BCUT2D eigenvalue weighted by Gasteiger charge is 2.13. The summed E-state index contributed by atoms with van der Waals surface area (Å²) >= 11 is 12.2. The smallest absolute Gasteiger partial charge is 0.251 e. The first kappa shape index (κ1) is 20.2. The Balaban J connectivity index is 1.52. The minimum absolute atomic E-state index is 0.0881. The third kappa shape index (κ3) is 4.83. The fraction of sp³-hybridized carbons (Fsp3) is 0.182. The number of rotatable bonds is 6. The maximum Gasteiger partial charge on any atom is 0.251 e. The lowest BCUT2D eigenvalue weighted by molar-refractivity contribution is -0.130. The average molecular weight is 415 g/mol. The molecule has 4 nitrogen and oxygen atoms in total. The number of nitrogens with one attached hydrogen (secondary N) is 1. The molecule has 0 aromatic heterocycles. The minimum atomic E-state index is -0.195. The van der Waals surface area contributed by atoms with Crippen LogP contribution in [-0.2, 0) is 11.3 Å². The first-order valence-electron chi connectivity index (χ1n) is 8.89. The summed E-state index contributed by atoms with van der Waals surface area (Å²) in [4.78, 5) is 26.2. The summed E-state index contributed by atoms with van der Waals surface area (Å²) in [6.45, 7) is 0.620. The van der Waals surface area contributed by atoms with Crippen LogP contribution in [0.15, 0.2) is 60.7 Å². The van der Waals surface area contributed by atoms with E-state index >= 15 is 0 Å². The van der Waals surface area contributed by atoms with Crippen molar-refractivity contribution in [3.63, 3.8) is 0 Å². The molecular weight excluding hydrogens is 395 g/mol. The van der Waals surface area contributed by atoms with Crippen LogP contribution >= 0.6 is 23.2 Å². The summed E-state index contributed by atoms with van der Waals surface area (Å²) in [6.07, 6.45) is 0.202. The van der Waals surface area contributed by atoms with Crippen molar-refractivity contribution in [3.05, 3.63) is 81.8 Å². The van der Waals surface area contributed by atoms with Crippen LogP contribution in [0.4, 0.5) is 0 Å². The van der Waals surface area contributed by atoms with Crippen molar-refractivity contribution in [1.82, 2.24) is 10.2 Å². The molecule has 0 aliphatic heterocycles. The van der Waals surface area contributed by atoms with E-state index in [4.69, 9.17) is 23.2 Å². The molecule has 144 valence electrons. The van der Waals surface area contributed by atoms with Crippen LogP contribution in [0.25, 0.3) is 10.8 Å². The highest BCUT2D eigenvalue weighted by Crippen LogP contribution is 2.26.